The Morgan fingerprint density at radius 2 is 1.86 bits per heavy atom. The van der Waals surface area contributed by atoms with Gasteiger partial charge in [-0.05, 0) is 67.3 Å². The van der Waals surface area contributed by atoms with Crippen LogP contribution in [0.2, 0.25) is 5.02 Å². The van der Waals surface area contributed by atoms with Crippen LogP contribution < -0.4 is 5.32 Å². The highest BCUT2D eigenvalue weighted by molar-refractivity contribution is 7.13. The Hall–Kier alpha value is -3.70. The number of carbonyl (C=O) groups excluding carboxylic acids is 3. The van der Waals surface area contributed by atoms with Crippen molar-refractivity contribution in [2.45, 2.75) is 33.2 Å². The average molecular weight is 547 g/mol. The third-order valence-electron chi connectivity index (χ3n) is 5.56. The second-order valence-corrected chi connectivity index (χ2v) is 9.40. The number of fused-ring (bicyclic) bond motifs is 1. The molecule has 0 saturated heterocycles. The highest BCUT2D eigenvalue weighted by Gasteiger charge is 2.30. The number of benzene rings is 2. The molecule has 0 aliphatic rings. The summed E-state index contributed by atoms with van der Waals surface area (Å²) >= 11 is 7.37. The lowest BCUT2D eigenvalue weighted by Gasteiger charge is -2.19. The third kappa shape index (κ3) is 5.37. The maximum atomic E-state index is 14.1. The molecule has 1 amide bonds. The van der Waals surface area contributed by atoms with Crippen LogP contribution >= 0.6 is 23.1 Å². The van der Waals surface area contributed by atoms with E-state index in [4.69, 9.17) is 16.3 Å². The first kappa shape index (κ1) is 26.4. The van der Waals surface area contributed by atoms with E-state index in [0.717, 1.165) is 11.5 Å². The Morgan fingerprint density at radius 3 is 2.57 bits per heavy atom. The minimum Gasteiger partial charge on any atom is -0.460 e. The molecule has 2 aromatic heterocycles. The Morgan fingerprint density at radius 1 is 1.16 bits per heavy atom. The van der Waals surface area contributed by atoms with Gasteiger partial charge in [-0.3, -0.25) is 9.59 Å². The molecule has 37 heavy (non-hydrogen) atoms. The van der Waals surface area contributed by atoms with Gasteiger partial charge in [0, 0.05) is 16.3 Å². The van der Waals surface area contributed by atoms with Crippen molar-refractivity contribution in [1.29, 1.82) is 0 Å². The first-order valence-electron chi connectivity index (χ1n) is 11.2. The van der Waals surface area contributed by atoms with E-state index in [2.05, 4.69) is 14.7 Å². The van der Waals surface area contributed by atoms with Gasteiger partial charge in [0.1, 0.15) is 23.1 Å². The van der Waals surface area contributed by atoms with E-state index < -0.39 is 29.4 Å². The van der Waals surface area contributed by atoms with Crippen LogP contribution in [0.4, 0.5) is 14.6 Å². The smallest absolute Gasteiger partial charge is 0.374 e. The Bertz CT molecular complexity index is 1530. The van der Waals surface area contributed by atoms with E-state index in [-0.39, 0.29) is 47.0 Å². The molecule has 8 nitrogen and oxygen atoms in total. The average Bonchev–Trinajstić information content (AvgIpc) is 3.41. The molecule has 0 radical (unpaired) electrons. The van der Waals surface area contributed by atoms with Crippen molar-refractivity contribution in [3.05, 3.63) is 75.8 Å². The molecule has 0 bridgehead atoms. The summed E-state index contributed by atoms with van der Waals surface area (Å²) in [5.41, 5.74) is 0.531. The fourth-order valence-electron chi connectivity index (χ4n) is 3.97. The maximum absolute atomic E-state index is 14.1. The standard InChI is InChI=1S/C25H21ClF2N4O4S/c1-4-36-25(35)23-29-22(30-24(34)20-17-10-15(28)6-8-19(17)37-31-20)21(32(23)11-12(2)33)13(3)16-9-14(27)5-7-18(16)26/h5-10,13H,4,11H2,1-3H3,(H,30,34). The number of nitrogens with zero attached hydrogens (tertiary/aromatic N) is 3. The number of ether oxygens (including phenoxy) is 1. The van der Waals surface area contributed by atoms with Crippen molar-refractivity contribution in [2.24, 2.45) is 0 Å². The van der Waals surface area contributed by atoms with Gasteiger partial charge >= 0.3 is 5.97 Å². The number of imidazole rings is 1. The first-order valence-corrected chi connectivity index (χ1v) is 12.3. The van der Waals surface area contributed by atoms with E-state index in [0.29, 0.717) is 15.6 Å². The quantitative estimate of drug-likeness (QED) is 0.289. The first-order chi connectivity index (χ1) is 17.6. The molecule has 0 aliphatic heterocycles. The number of anilines is 1. The molecule has 1 unspecified atom stereocenters. The van der Waals surface area contributed by atoms with E-state index >= 15 is 0 Å². The summed E-state index contributed by atoms with van der Waals surface area (Å²) < 4.78 is 39.2. The van der Waals surface area contributed by atoms with Crippen LogP contribution in [0.5, 0.6) is 0 Å². The van der Waals surface area contributed by atoms with Crippen molar-refractivity contribution >= 4 is 56.7 Å². The SMILES string of the molecule is CCOC(=O)c1nc(NC(=O)c2nsc3ccc(F)cc23)c(C(C)c2cc(F)ccc2Cl)n1CC(C)=O. The van der Waals surface area contributed by atoms with E-state index in [1.807, 2.05) is 0 Å². The summed E-state index contributed by atoms with van der Waals surface area (Å²) in [6.45, 7) is 4.39. The molecule has 1 atom stereocenters. The summed E-state index contributed by atoms with van der Waals surface area (Å²) in [5.74, 6) is -3.93. The van der Waals surface area contributed by atoms with Gasteiger partial charge in [-0.15, -0.1) is 0 Å². The van der Waals surface area contributed by atoms with Crippen molar-refractivity contribution in [2.75, 3.05) is 11.9 Å². The highest BCUT2D eigenvalue weighted by atomic mass is 35.5. The number of amides is 1. The second kappa shape index (κ2) is 10.7. The second-order valence-electron chi connectivity index (χ2n) is 8.19. The van der Waals surface area contributed by atoms with Gasteiger partial charge in [0.15, 0.2) is 5.82 Å². The van der Waals surface area contributed by atoms with Crippen molar-refractivity contribution in [3.63, 3.8) is 0 Å². The van der Waals surface area contributed by atoms with Gasteiger partial charge in [0.05, 0.1) is 23.5 Å². The number of esters is 1. The van der Waals surface area contributed by atoms with E-state index in [1.165, 1.54) is 47.9 Å². The van der Waals surface area contributed by atoms with Crippen LogP contribution in [-0.2, 0) is 16.1 Å². The lowest BCUT2D eigenvalue weighted by Crippen LogP contribution is -2.20. The molecule has 12 heteroatoms. The summed E-state index contributed by atoms with van der Waals surface area (Å²) in [6, 6.07) is 7.78. The van der Waals surface area contributed by atoms with Gasteiger partial charge in [0.2, 0.25) is 5.82 Å². The molecule has 2 aromatic carbocycles. The molecule has 0 spiro atoms. The van der Waals surface area contributed by atoms with Crippen molar-refractivity contribution < 1.29 is 27.9 Å². The predicted octanol–water partition coefficient (Wildman–Crippen LogP) is 5.59. The highest BCUT2D eigenvalue weighted by Crippen LogP contribution is 2.36. The van der Waals surface area contributed by atoms with Crippen LogP contribution in [0.1, 0.15) is 59.1 Å². The summed E-state index contributed by atoms with van der Waals surface area (Å²) in [7, 11) is 0. The van der Waals surface area contributed by atoms with Gasteiger partial charge < -0.3 is 14.6 Å². The zero-order valence-electron chi connectivity index (χ0n) is 20.0. The molecule has 4 rings (SSSR count). The number of halogens is 3. The van der Waals surface area contributed by atoms with Crippen LogP contribution in [0.25, 0.3) is 10.1 Å². The molecule has 0 aliphatic carbocycles. The molecule has 1 N–H and O–H groups in total. The number of hydrogen-bond acceptors (Lipinski definition) is 7. The predicted molar refractivity (Wildman–Crippen MR) is 135 cm³/mol. The Kier molecular flexibility index (Phi) is 7.65. The summed E-state index contributed by atoms with van der Waals surface area (Å²) in [5, 5.41) is 3.18. The fraction of sp³-hybridized carbons (Fsp3) is 0.240. The van der Waals surface area contributed by atoms with E-state index in [9.17, 15) is 23.2 Å². The monoisotopic (exact) mass is 546 g/mol. The van der Waals surface area contributed by atoms with Crippen LogP contribution in [0, 0.1) is 11.6 Å². The molecule has 0 fully saturated rings. The molecule has 4 aromatic rings. The Balaban J connectivity index is 1.87. The number of ketones is 1. The van der Waals surface area contributed by atoms with Gasteiger partial charge in [-0.25, -0.2) is 18.6 Å². The topological polar surface area (TPSA) is 103 Å². The number of Topliss-reactive ketones (excluding diaryl/α,β-unsaturated/α-hetero) is 1. The lowest BCUT2D eigenvalue weighted by atomic mass is 9.96. The van der Waals surface area contributed by atoms with Gasteiger partial charge in [-0.2, -0.15) is 4.37 Å². The fourth-order valence-corrected chi connectivity index (χ4v) is 5.00. The zero-order valence-corrected chi connectivity index (χ0v) is 21.5. The number of aromatic nitrogens is 3. The number of carbonyl (C=O) groups is 3. The normalized spacial score (nSPS) is 11.9. The molecule has 2 heterocycles. The number of nitrogens with one attached hydrogen (secondary N) is 1. The lowest BCUT2D eigenvalue weighted by molar-refractivity contribution is -0.117. The van der Waals surface area contributed by atoms with Crippen LogP contribution in [0.15, 0.2) is 36.4 Å². The van der Waals surface area contributed by atoms with Gasteiger partial charge in [0.25, 0.3) is 5.91 Å². The molecular weight excluding hydrogens is 526 g/mol. The summed E-state index contributed by atoms with van der Waals surface area (Å²) in [6.07, 6.45) is 0. The minimum absolute atomic E-state index is 0.0410. The number of rotatable bonds is 8. The van der Waals surface area contributed by atoms with E-state index in [1.54, 1.807) is 13.8 Å². The summed E-state index contributed by atoms with van der Waals surface area (Å²) in [4.78, 5) is 42.5. The Labute approximate surface area is 219 Å². The molecule has 192 valence electrons. The van der Waals surface area contributed by atoms with Crippen LogP contribution in [-0.4, -0.2) is 38.2 Å². The van der Waals surface area contributed by atoms with Crippen LogP contribution in [0.3, 0.4) is 0 Å². The van der Waals surface area contributed by atoms with Gasteiger partial charge in [-0.1, -0.05) is 18.5 Å². The van der Waals surface area contributed by atoms with Crippen molar-refractivity contribution in [1.82, 2.24) is 13.9 Å². The maximum Gasteiger partial charge on any atom is 0.374 e. The number of hydrogen-bond donors (Lipinski definition) is 1. The third-order valence-corrected chi connectivity index (χ3v) is 6.73. The minimum atomic E-state index is -0.816. The zero-order chi connectivity index (χ0) is 26.9. The van der Waals surface area contributed by atoms with Crippen molar-refractivity contribution in [3.8, 4) is 0 Å². The molecular formula is C25H21ClF2N4O4S. The molecule has 0 saturated carbocycles. The largest absolute Gasteiger partial charge is 0.460 e.